The van der Waals surface area contributed by atoms with Crippen LogP contribution in [0.15, 0.2) is 36.5 Å². The Kier molecular flexibility index (Phi) is 5.59. The minimum Gasteiger partial charge on any atom is -0.481 e. The van der Waals surface area contributed by atoms with Crippen molar-refractivity contribution in [2.24, 2.45) is 10.8 Å². The summed E-state index contributed by atoms with van der Waals surface area (Å²) in [4.78, 5) is 31.9. The number of benzene rings is 1. The number of amides is 1. The molecule has 0 atom stereocenters. The van der Waals surface area contributed by atoms with Gasteiger partial charge in [-0.3, -0.25) is 9.59 Å². The molecule has 1 amide bonds. The van der Waals surface area contributed by atoms with Crippen LogP contribution < -0.4 is 0 Å². The Morgan fingerprint density at radius 1 is 1.11 bits per heavy atom. The van der Waals surface area contributed by atoms with E-state index >= 15 is 0 Å². The molecule has 1 aromatic carbocycles. The van der Waals surface area contributed by atoms with Gasteiger partial charge in [0.15, 0.2) is 0 Å². The number of fused-ring (bicyclic) bond motifs is 6. The number of nitrogens with zero attached hydrogens (tertiary/aromatic N) is 3. The second kappa shape index (κ2) is 8.58. The fourth-order valence-electron chi connectivity index (χ4n) is 6.75. The molecule has 1 aliphatic heterocycles. The second-order valence-electron chi connectivity index (χ2n) is 10.9. The molecule has 36 heavy (non-hydrogen) atoms. The van der Waals surface area contributed by atoms with Gasteiger partial charge in [-0.05, 0) is 80.2 Å². The van der Waals surface area contributed by atoms with Gasteiger partial charge >= 0.3 is 5.97 Å². The maximum absolute atomic E-state index is 14.7. The van der Waals surface area contributed by atoms with E-state index in [1.165, 1.54) is 11.6 Å². The Labute approximate surface area is 214 Å². The standard InChI is InChI=1S/C28H29ClFN3O3/c29-19-4-3-18(22(30)14-19)16-33-23-17-32(13-5-20(23)21-2-1-12-31-25(21)33)24(34)15-27-6-9-28(10-7-27,11-8-27)26(35)36/h1-4,12,14H,5-11,13,15-17H2,(H,35,36). The minimum absolute atomic E-state index is 0.0741. The Balaban J connectivity index is 1.26. The summed E-state index contributed by atoms with van der Waals surface area (Å²) in [5.41, 5.74) is 2.86. The number of carboxylic acid groups (broad SMARTS) is 1. The molecule has 0 saturated heterocycles. The lowest BCUT2D eigenvalue weighted by molar-refractivity contribution is -0.160. The van der Waals surface area contributed by atoms with Gasteiger partial charge in [-0.2, -0.15) is 0 Å². The fourth-order valence-corrected chi connectivity index (χ4v) is 6.90. The van der Waals surface area contributed by atoms with Crippen molar-refractivity contribution in [2.75, 3.05) is 6.54 Å². The first-order valence-electron chi connectivity index (χ1n) is 12.7. The Morgan fingerprint density at radius 2 is 1.86 bits per heavy atom. The zero-order valence-corrected chi connectivity index (χ0v) is 20.9. The van der Waals surface area contributed by atoms with Gasteiger partial charge in [-0.15, -0.1) is 0 Å². The van der Waals surface area contributed by atoms with Crippen LogP contribution in [0.2, 0.25) is 5.02 Å². The van der Waals surface area contributed by atoms with Crippen LogP contribution in [0.5, 0.6) is 0 Å². The number of carboxylic acids is 1. The smallest absolute Gasteiger partial charge is 0.309 e. The van der Waals surface area contributed by atoms with Gasteiger partial charge in [0.1, 0.15) is 11.5 Å². The molecule has 3 fully saturated rings. The first-order chi connectivity index (χ1) is 17.3. The predicted octanol–water partition coefficient (Wildman–Crippen LogP) is 5.58. The molecule has 3 aliphatic carbocycles. The number of pyridine rings is 1. The Hall–Kier alpha value is -2.93. The third kappa shape index (κ3) is 3.79. The number of rotatable bonds is 5. The molecule has 3 heterocycles. The van der Waals surface area contributed by atoms with Crippen LogP contribution >= 0.6 is 11.6 Å². The van der Waals surface area contributed by atoms with Crippen molar-refractivity contribution in [3.8, 4) is 0 Å². The van der Waals surface area contributed by atoms with Gasteiger partial charge in [-0.1, -0.05) is 17.7 Å². The van der Waals surface area contributed by atoms with Crippen molar-refractivity contribution >= 4 is 34.5 Å². The van der Waals surface area contributed by atoms with E-state index in [1.807, 2.05) is 21.6 Å². The summed E-state index contributed by atoms with van der Waals surface area (Å²) < 4.78 is 16.7. The summed E-state index contributed by atoms with van der Waals surface area (Å²) in [6.45, 7) is 1.42. The van der Waals surface area contributed by atoms with Crippen molar-refractivity contribution in [3.05, 3.63) is 64.2 Å². The molecule has 188 valence electrons. The number of halogens is 2. The Bertz CT molecular complexity index is 1360. The Morgan fingerprint density at radius 3 is 2.56 bits per heavy atom. The van der Waals surface area contributed by atoms with E-state index in [0.717, 1.165) is 42.4 Å². The summed E-state index contributed by atoms with van der Waals surface area (Å²) in [7, 11) is 0. The summed E-state index contributed by atoms with van der Waals surface area (Å²) >= 11 is 5.96. The number of carbonyl (C=O) groups excluding carboxylic acids is 1. The summed E-state index contributed by atoms with van der Waals surface area (Å²) in [6.07, 6.45) is 7.40. The van der Waals surface area contributed by atoms with Crippen LogP contribution in [-0.4, -0.2) is 38.0 Å². The topological polar surface area (TPSA) is 75.4 Å². The van der Waals surface area contributed by atoms with E-state index in [2.05, 4.69) is 4.98 Å². The molecule has 3 saturated carbocycles. The molecule has 0 radical (unpaired) electrons. The third-order valence-electron chi connectivity index (χ3n) is 9.09. The van der Waals surface area contributed by atoms with Crippen LogP contribution in [0, 0.1) is 16.6 Å². The molecule has 2 aromatic heterocycles. The molecule has 3 aromatic rings. The lowest BCUT2D eigenvalue weighted by Gasteiger charge is -2.51. The SMILES string of the molecule is O=C(CC12CCC(C(=O)O)(CC1)CC2)N1CCc2c(n(Cc3ccc(Cl)cc3F)c3ncccc23)C1. The van der Waals surface area contributed by atoms with Crippen LogP contribution in [-0.2, 0) is 29.1 Å². The van der Waals surface area contributed by atoms with Crippen molar-refractivity contribution in [2.45, 2.75) is 64.5 Å². The molecular formula is C28H29ClFN3O3. The normalized spacial score (nSPS) is 25.2. The predicted molar refractivity (Wildman–Crippen MR) is 134 cm³/mol. The van der Waals surface area contributed by atoms with Gasteiger partial charge in [-0.25, -0.2) is 9.37 Å². The average Bonchev–Trinajstić information content (AvgIpc) is 3.19. The van der Waals surface area contributed by atoms with E-state index in [1.54, 1.807) is 18.3 Å². The van der Waals surface area contributed by atoms with E-state index in [4.69, 9.17) is 11.6 Å². The van der Waals surface area contributed by atoms with Crippen molar-refractivity contribution in [3.63, 3.8) is 0 Å². The molecule has 4 aliphatic rings. The van der Waals surface area contributed by atoms with E-state index in [-0.39, 0.29) is 17.1 Å². The highest BCUT2D eigenvalue weighted by molar-refractivity contribution is 6.30. The van der Waals surface area contributed by atoms with Gasteiger partial charge in [0.05, 0.1) is 18.5 Å². The molecule has 2 bridgehead atoms. The number of aromatic nitrogens is 2. The van der Waals surface area contributed by atoms with E-state index in [9.17, 15) is 19.1 Å². The molecule has 0 spiro atoms. The number of carbonyl (C=O) groups is 2. The van der Waals surface area contributed by atoms with E-state index < -0.39 is 11.4 Å². The van der Waals surface area contributed by atoms with Crippen molar-refractivity contribution in [1.29, 1.82) is 0 Å². The first kappa shape index (κ1) is 23.5. The van der Waals surface area contributed by atoms with Crippen LogP contribution in [0.25, 0.3) is 11.0 Å². The average molecular weight is 510 g/mol. The lowest BCUT2D eigenvalue weighted by atomic mass is 9.53. The quantitative estimate of drug-likeness (QED) is 0.487. The third-order valence-corrected chi connectivity index (χ3v) is 9.33. The lowest BCUT2D eigenvalue weighted by Crippen LogP contribution is -2.48. The molecule has 8 heteroatoms. The maximum Gasteiger partial charge on any atom is 0.309 e. The molecule has 7 rings (SSSR count). The fraction of sp³-hybridized carbons (Fsp3) is 0.464. The first-order valence-corrected chi connectivity index (χ1v) is 13.1. The van der Waals surface area contributed by atoms with Crippen molar-refractivity contribution in [1.82, 2.24) is 14.5 Å². The van der Waals surface area contributed by atoms with Crippen molar-refractivity contribution < 1.29 is 19.1 Å². The summed E-state index contributed by atoms with van der Waals surface area (Å²) in [6, 6.07) is 8.67. The minimum atomic E-state index is -0.677. The largest absolute Gasteiger partial charge is 0.481 e. The molecule has 0 unspecified atom stereocenters. The summed E-state index contributed by atoms with van der Waals surface area (Å²) in [5, 5.41) is 11.1. The number of hydrogen-bond acceptors (Lipinski definition) is 3. The second-order valence-corrected chi connectivity index (χ2v) is 11.4. The van der Waals surface area contributed by atoms with Crippen LogP contribution in [0.4, 0.5) is 4.39 Å². The molecule has 6 nitrogen and oxygen atoms in total. The van der Waals surface area contributed by atoms with Crippen LogP contribution in [0.1, 0.15) is 61.8 Å². The van der Waals surface area contributed by atoms with Crippen LogP contribution in [0.3, 0.4) is 0 Å². The monoisotopic (exact) mass is 509 g/mol. The number of hydrogen-bond donors (Lipinski definition) is 1. The van der Waals surface area contributed by atoms with Gasteiger partial charge < -0.3 is 14.6 Å². The number of aliphatic carboxylic acids is 1. The van der Waals surface area contributed by atoms with Gasteiger partial charge in [0.2, 0.25) is 5.91 Å². The highest BCUT2D eigenvalue weighted by Crippen LogP contribution is 2.58. The van der Waals surface area contributed by atoms with Gasteiger partial charge in [0, 0.05) is 40.8 Å². The highest BCUT2D eigenvalue weighted by atomic mass is 35.5. The molecular weight excluding hydrogens is 481 g/mol. The maximum atomic E-state index is 14.7. The zero-order valence-electron chi connectivity index (χ0n) is 20.1. The van der Waals surface area contributed by atoms with Gasteiger partial charge in [0.25, 0.3) is 0 Å². The highest BCUT2D eigenvalue weighted by Gasteiger charge is 2.53. The molecule has 1 N–H and O–H groups in total. The zero-order chi connectivity index (χ0) is 25.1. The summed E-state index contributed by atoms with van der Waals surface area (Å²) in [5.74, 6) is -0.902. The van der Waals surface area contributed by atoms with E-state index in [0.29, 0.717) is 55.9 Å².